The molecule has 0 aromatic carbocycles. The van der Waals surface area contributed by atoms with Crippen LogP contribution < -0.4 is 5.32 Å². The molecule has 0 saturated heterocycles. The van der Waals surface area contributed by atoms with Crippen LogP contribution in [-0.2, 0) is 18.0 Å². The molecule has 2 rings (SSSR count). The molecule has 0 unspecified atom stereocenters. The molecular formula is C12H13F3N6O4. The van der Waals surface area contributed by atoms with Crippen LogP contribution in [0.1, 0.15) is 17.4 Å². The molecule has 2 aromatic rings. The van der Waals surface area contributed by atoms with E-state index in [1.54, 1.807) is 6.92 Å². The number of ether oxygens (including phenoxy) is 1. The van der Waals surface area contributed by atoms with Gasteiger partial charge in [0, 0.05) is 6.54 Å². The van der Waals surface area contributed by atoms with Crippen LogP contribution in [-0.4, -0.2) is 43.2 Å². The Labute approximate surface area is 138 Å². The summed E-state index contributed by atoms with van der Waals surface area (Å²) in [6, 6.07) is 0. The molecule has 2 aromatic heterocycles. The first-order chi connectivity index (χ1) is 11.7. The molecule has 0 fully saturated rings. The molecule has 25 heavy (non-hydrogen) atoms. The molecule has 0 bridgehead atoms. The van der Waals surface area contributed by atoms with Gasteiger partial charge in [-0.3, -0.25) is 19.6 Å². The first-order valence-corrected chi connectivity index (χ1v) is 6.89. The zero-order valence-electron chi connectivity index (χ0n) is 12.9. The number of anilines is 1. The summed E-state index contributed by atoms with van der Waals surface area (Å²) in [7, 11) is 0. The number of rotatable bonds is 7. The number of alkyl halides is 3. The predicted molar refractivity (Wildman–Crippen MR) is 76.7 cm³/mol. The standard InChI is InChI=1S/C12H13F3N6O4/c1-2-20-10(9(4-17-20)21(23)24)11(22)18-8-3-16-19(5-8)7-25-6-12(13,14)15/h3-5H,2,6-7H2,1H3,(H,18,22). The van der Waals surface area contributed by atoms with Crippen molar-refractivity contribution < 1.29 is 27.6 Å². The van der Waals surface area contributed by atoms with Crippen LogP contribution in [0, 0.1) is 10.1 Å². The van der Waals surface area contributed by atoms with E-state index in [1.807, 2.05) is 0 Å². The van der Waals surface area contributed by atoms with Crippen LogP contribution >= 0.6 is 0 Å². The Morgan fingerprint density at radius 3 is 2.72 bits per heavy atom. The molecule has 0 aliphatic rings. The molecule has 13 heteroatoms. The Morgan fingerprint density at radius 1 is 1.40 bits per heavy atom. The summed E-state index contributed by atoms with van der Waals surface area (Å²) in [5, 5.41) is 20.8. The van der Waals surface area contributed by atoms with Gasteiger partial charge in [0.25, 0.3) is 5.91 Å². The molecule has 0 radical (unpaired) electrons. The number of nitrogens with one attached hydrogen (secondary N) is 1. The maximum absolute atomic E-state index is 12.2. The Morgan fingerprint density at radius 2 is 2.12 bits per heavy atom. The number of hydrogen-bond donors (Lipinski definition) is 1. The average molecular weight is 362 g/mol. The van der Waals surface area contributed by atoms with Crippen LogP contribution in [0.15, 0.2) is 18.6 Å². The zero-order valence-corrected chi connectivity index (χ0v) is 12.9. The number of carbonyl (C=O) groups is 1. The van der Waals surface area contributed by atoms with Crippen molar-refractivity contribution >= 4 is 17.3 Å². The van der Waals surface area contributed by atoms with E-state index < -0.39 is 36.0 Å². The van der Waals surface area contributed by atoms with Gasteiger partial charge in [0.2, 0.25) is 5.69 Å². The number of nitrogens with zero attached hydrogens (tertiary/aromatic N) is 5. The van der Waals surface area contributed by atoms with Crippen LogP contribution in [0.25, 0.3) is 0 Å². The average Bonchev–Trinajstić information content (AvgIpc) is 3.12. The Hall–Kier alpha value is -2.96. The van der Waals surface area contributed by atoms with Gasteiger partial charge < -0.3 is 10.1 Å². The second kappa shape index (κ2) is 7.29. The lowest BCUT2D eigenvalue weighted by Crippen LogP contribution is -2.19. The van der Waals surface area contributed by atoms with E-state index in [1.165, 1.54) is 12.4 Å². The van der Waals surface area contributed by atoms with Gasteiger partial charge in [0.1, 0.15) is 19.5 Å². The lowest BCUT2D eigenvalue weighted by atomic mass is 10.3. The third-order valence-corrected chi connectivity index (χ3v) is 2.91. The predicted octanol–water partition coefficient (Wildman–Crippen LogP) is 1.80. The van der Waals surface area contributed by atoms with Crippen molar-refractivity contribution in [2.75, 3.05) is 11.9 Å². The van der Waals surface area contributed by atoms with Gasteiger partial charge in [-0.2, -0.15) is 23.4 Å². The zero-order chi connectivity index (χ0) is 18.6. The Balaban J connectivity index is 2.05. The monoisotopic (exact) mass is 362 g/mol. The van der Waals surface area contributed by atoms with Crippen LogP contribution in [0.2, 0.25) is 0 Å². The summed E-state index contributed by atoms with van der Waals surface area (Å²) in [6.45, 7) is -0.0104. The molecule has 0 atom stereocenters. The SMILES string of the molecule is CCn1ncc([N+](=O)[O-])c1C(=O)Nc1cnn(COCC(F)(F)F)c1. The summed E-state index contributed by atoms with van der Waals surface area (Å²) in [4.78, 5) is 22.5. The van der Waals surface area contributed by atoms with Gasteiger partial charge in [-0.15, -0.1) is 0 Å². The lowest BCUT2D eigenvalue weighted by molar-refractivity contribution is -0.385. The lowest BCUT2D eigenvalue weighted by Gasteiger charge is -2.07. The van der Waals surface area contributed by atoms with Crippen molar-refractivity contribution in [3.63, 3.8) is 0 Å². The van der Waals surface area contributed by atoms with Crippen molar-refractivity contribution in [1.29, 1.82) is 0 Å². The third kappa shape index (κ3) is 4.76. The number of nitro groups is 1. The maximum atomic E-state index is 12.2. The van der Waals surface area contributed by atoms with E-state index in [4.69, 9.17) is 0 Å². The summed E-state index contributed by atoms with van der Waals surface area (Å²) >= 11 is 0. The molecule has 0 aliphatic carbocycles. The third-order valence-electron chi connectivity index (χ3n) is 2.91. The Bertz CT molecular complexity index is 769. The van der Waals surface area contributed by atoms with Crippen LogP contribution in [0.3, 0.4) is 0 Å². The van der Waals surface area contributed by atoms with E-state index in [-0.39, 0.29) is 17.9 Å². The van der Waals surface area contributed by atoms with Gasteiger partial charge in [-0.25, -0.2) is 4.68 Å². The number of carbonyl (C=O) groups excluding carboxylic acids is 1. The molecule has 136 valence electrons. The fourth-order valence-electron chi connectivity index (χ4n) is 1.93. The molecule has 1 N–H and O–H groups in total. The minimum Gasteiger partial charge on any atom is -0.350 e. The van der Waals surface area contributed by atoms with E-state index in [9.17, 15) is 28.1 Å². The minimum atomic E-state index is -4.46. The second-order valence-corrected chi connectivity index (χ2v) is 4.77. The molecule has 10 nitrogen and oxygen atoms in total. The first-order valence-electron chi connectivity index (χ1n) is 6.89. The highest BCUT2D eigenvalue weighted by atomic mass is 19.4. The molecule has 2 heterocycles. The van der Waals surface area contributed by atoms with Crippen LogP contribution in [0.5, 0.6) is 0 Å². The van der Waals surface area contributed by atoms with E-state index in [0.717, 1.165) is 15.6 Å². The van der Waals surface area contributed by atoms with Crippen LogP contribution in [0.4, 0.5) is 24.5 Å². The van der Waals surface area contributed by atoms with E-state index in [2.05, 4.69) is 20.3 Å². The summed E-state index contributed by atoms with van der Waals surface area (Å²) in [5.74, 6) is -0.790. The highest BCUT2D eigenvalue weighted by molar-refractivity contribution is 6.05. The number of aromatic nitrogens is 4. The topological polar surface area (TPSA) is 117 Å². The van der Waals surface area contributed by atoms with E-state index in [0.29, 0.717) is 0 Å². The summed E-state index contributed by atoms with van der Waals surface area (Å²) < 4.78 is 42.6. The van der Waals surface area contributed by atoms with Gasteiger partial charge >= 0.3 is 11.9 Å². The van der Waals surface area contributed by atoms with Crippen molar-refractivity contribution in [1.82, 2.24) is 19.6 Å². The van der Waals surface area contributed by atoms with Crippen molar-refractivity contribution in [2.24, 2.45) is 0 Å². The quantitative estimate of drug-likeness (QED) is 0.593. The molecule has 0 spiro atoms. The summed E-state index contributed by atoms with van der Waals surface area (Å²) in [5.41, 5.74) is -0.562. The van der Waals surface area contributed by atoms with Gasteiger partial charge in [-0.05, 0) is 6.92 Å². The maximum Gasteiger partial charge on any atom is 0.411 e. The fraction of sp³-hybridized carbons (Fsp3) is 0.417. The minimum absolute atomic E-state index is 0.138. The number of halogens is 3. The normalized spacial score (nSPS) is 11.5. The van der Waals surface area contributed by atoms with Crippen molar-refractivity contribution in [2.45, 2.75) is 26.4 Å². The molecule has 0 aliphatic heterocycles. The number of hydrogen-bond acceptors (Lipinski definition) is 6. The molecule has 1 amide bonds. The number of aryl methyl sites for hydroxylation is 1. The smallest absolute Gasteiger partial charge is 0.350 e. The number of amides is 1. The van der Waals surface area contributed by atoms with Gasteiger partial charge in [0.05, 0.1) is 23.0 Å². The molecular weight excluding hydrogens is 349 g/mol. The Kier molecular flexibility index (Phi) is 5.36. The largest absolute Gasteiger partial charge is 0.411 e. The summed E-state index contributed by atoms with van der Waals surface area (Å²) in [6.07, 6.45) is -1.09. The first kappa shape index (κ1) is 18.4. The second-order valence-electron chi connectivity index (χ2n) is 4.77. The highest BCUT2D eigenvalue weighted by Crippen LogP contribution is 2.19. The fourth-order valence-corrected chi connectivity index (χ4v) is 1.93. The van der Waals surface area contributed by atoms with Crippen molar-refractivity contribution in [3.05, 3.63) is 34.4 Å². The van der Waals surface area contributed by atoms with Gasteiger partial charge in [0.15, 0.2) is 0 Å². The highest BCUT2D eigenvalue weighted by Gasteiger charge is 2.28. The van der Waals surface area contributed by atoms with Crippen molar-refractivity contribution in [3.8, 4) is 0 Å². The van der Waals surface area contributed by atoms with Gasteiger partial charge in [-0.1, -0.05) is 0 Å². The van der Waals surface area contributed by atoms with E-state index >= 15 is 0 Å². The molecule has 0 saturated carbocycles.